The van der Waals surface area contributed by atoms with Crippen molar-refractivity contribution in [2.45, 2.75) is 0 Å². The molecule has 11 aromatic carbocycles. The predicted molar refractivity (Wildman–Crippen MR) is 304 cm³/mol. The molecule has 15 aromatic rings. The van der Waals surface area contributed by atoms with Gasteiger partial charge < -0.3 is 18.6 Å². The molecule has 0 aliphatic rings. The summed E-state index contributed by atoms with van der Waals surface area (Å²) in [6, 6.07) is 92.0. The topological polar surface area (TPSA) is 35.9 Å². The number of aromatic nitrogens is 5. The molecule has 4 heterocycles. The largest absolute Gasteiger partial charge is 0.316 e. The van der Waals surface area contributed by atoms with Crippen molar-refractivity contribution in [1.29, 1.82) is 0 Å². The highest BCUT2D eigenvalue weighted by Crippen LogP contribution is 2.43. The molecule has 0 bridgehead atoms. The van der Waals surface area contributed by atoms with Crippen molar-refractivity contribution >= 4 is 93.3 Å². The summed E-state index contributed by atoms with van der Waals surface area (Å²) >= 11 is 0. The van der Waals surface area contributed by atoms with Crippen LogP contribution in [0.1, 0.15) is 0 Å². The van der Waals surface area contributed by atoms with Crippen LogP contribution in [0.15, 0.2) is 267 Å². The molecule has 0 fully saturated rings. The van der Waals surface area contributed by atoms with Crippen LogP contribution in [0.3, 0.4) is 0 Å². The van der Waals surface area contributed by atoms with Gasteiger partial charge in [-0.1, -0.05) is 121 Å². The smallest absolute Gasteiger partial charge is 0.0762 e. The maximum absolute atomic E-state index is 5.10. The summed E-state index contributed by atoms with van der Waals surface area (Å²) < 4.78 is 9.25. The summed E-state index contributed by atoms with van der Waals surface area (Å²) in [4.78, 5) is 2.31. The first-order chi connectivity index (χ1) is 36.2. The number of hydrogen-bond donors (Lipinski definition) is 0. The van der Waals surface area contributed by atoms with Crippen molar-refractivity contribution < 1.29 is 0 Å². The Bertz CT molecular complexity index is 4540. The number of para-hydroxylation sites is 4. The zero-order valence-corrected chi connectivity index (χ0v) is 39.6. The standard InChI is InChI=1S/C67H44N6/c1-5-17-49(18-6-1)69-40-39-58-62(69)37-33-56-59-42-47(26-35-63(59)71(66(56)58)52-23-11-4-12-24-52)48-27-36-64-60(43-48)57-34-38-65-61(44-68-73(65)55-28-25-45-15-13-14-16-46(45)41-55)67(57)72(64)54-31-29-53(30-32-54)70(50-19-7-2-8-20-50)51-21-9-3-10-22-51/h1-44H. The number of hydrogen-bond acceptors (Lipinski definition) is 2. The Morgan fingerprint density at radius 2 is 0.795 bits per heavy atom. The van der Waals surface area contributed by atoms with Crippen LogP contribution >= 0.6 is 0 Å². The van der Waals surface area contributed by atoms with Crippen LogP contribution in [0.2, 0.25) is 0 Å². The third kappa shape index (κ3) is 6.47. The first kappa shape index (κ1) is 40.9. The van der Waals surface area contributed by atoms with Crippen LogP contribution in [0, 0.1) is 0 Å². The maximum atomic E-state index is 5.10. The van der Waals surface area contributed by atoms with E-state index in [1.807, 2.05) is 6.20 Å². The Labute approximate surface area is 420 Å². The van der Waals surface area contributed by atoms with E-state index in [0.717, 1.165) is 67.3 Å². The van der Waals surface area contributed by atoms with Crippen LogP contribution in [-0.4, -0.2) is 23.5 Å². The van der Waals surface area contributed by atoms with Gasteiger partial charge in [0.25, 0.3) is 0 Å². The number of rotatable bonds is 8. The van der Waals surface area contributed by atoms with E-state index in [1.54, 1.807) is 0 Å². The molecule has 0 amide bonds. The zero-order valence-electron chi connectivity index (χ0n) is 39.6. The monoisotopic (exact) mass is 932 g/mol. The summed E-state index contributed by atoms with van der Waals surface area (Å²) in [6.45, 7) is 0. The number of anilines is 3. The van der Waals surface area contributed by atoms with Gasteiger partial charge >= 0.3 is 0 Å². The predicted octanol–water partition coefficient (Wildman–Crippen LogP) is 17.5. The third-order valence-electron chi connectivity index (χ3n) is 14.8. The van der Waals surface area contributed by atoms with Crippen molar-refractivity contribution in [1.82, 2.24) is 23.5 Å². The molecule has 0 saturated carbocycles. The first-order valence-electron chi connectivity index (χ1n) is 24.9. The van der Waals surface area contributed by atoms with E-state index < -0.39 is 0 Å². The molecule has 0 saturated heterocycles. The first-order valence-corrected chi connectivity index (χ1v) is 24.9. The fraction of sp³-hybridized carbons (Fsp3) is 0. The van der Waals surface area contributed by atoms with E-state index in [0.29, 0.717) is 0 Å². The van der Waals surface area contributed by atoms with Crippen LogP contribution in [0.25, 0.3) is 110 Å². The molecule has 0 spiro atoms. The van der Waals surface area contributed by atoms with Crippen molar-refractivity contribution in [3.63, 3.8) is 0 Å². The summed E-state index contributed by atoms with van der Waals surface area (Å²) in [6.07, 6.45) is 4.25. The Kier molecular flexibility index (Phi) is 9.16. The normalized spacial score (nSPS) is 11.8. The molecular weight excluding hydrogens is 889 g/mol. The lowest BCUT2D eigenvalue weighted by molar-refractivity contribution is 0.912. The molecule has 0 aliphatic heterocycles. The molecule has 6 heteroatoms. The maximum Gasteiger partial charge on any atom is 0.0762 e. The van der Waals surface area contributed by atoms with Gasteiger partial charge in [-0.2, -0.15) is 5.10 Å². The lowest BCUT2D eigenvalue weighted by atomic mass is 10.00. The minimum atomic E-state index is 1.03. The summed E-state index contributed by atoms with van der Waals surface area (Å²) in [5.74, 6) is 0. The van der Waals surface area contributed by atoms with Crippen molar-refractivity contribution in [2.75, 3.05) is 4.90 Å². The second-order valence-electron chi connectivity index (χ2n) is 18.9. The highest BCUT2D eigenvalue weighted by atomic mass is 15.3. The minimum Gasteiger partial charge on any atom is -0.316 e. The van der Waals surface area contributed by atoms with E-state index >= 15 is 0 Å². The van der Waals surface area contributed by atoms with E-state index in [9.17, 15) is 0 Å². The average molecular weight is 933 g/mol. The molecule has 0 radical (unpaired) electrons. The highest BCUT2D eigenvalue weighted by molar-refractivity contribution is 6.21. The summed E-state index contributed by atoms with van der Waals surface area (Å²) in [5, 5.41) is 14.6. The number of fused-ring (bicyclic) bond motifs is 11. The van der Waals surface area contributed by atoms with Gasteiger partial charge in [-0.3, -0.25) is 0 Å². The van der Waals surface area contributed by atoms with Gasteiger partial charge in [0, 0.05) is 72.6 Å². The number of nitrogens with zero attached hydrogens (tertiary/aromatic N) is 6. The summed E-state index contributed by atoms with van der Waals surface area (Å²) in [5.41, 5.74) is 16.9. The Balaban J connectivity index is 0.921. The van der Waals surface area contributed by atoms with Gasteiger partial charge in [0.05, 0.1) is 45.0 Å². The van der Waals surface area contributed by atoms with Crippen LogP contribution in [0.5, 0.6) is 0 Å². The second-order valence-corrected chi connectivity index (χ2v) is 18.9. The second kappa shape index (κ2) is 16.3. The van der Waals surface area contributed by atoms with E-state index in [2.05, 4.69) is 284 Å². The van der Waals surface area contributed by atoms with Gasteiger partial charge in [0.2, 0.25) is 0 Å². The molecule has 0 unspecified atom stereocenters. The van der Waals surface area contributed by atoms with E-state index in [1.165, 1.54) is 59.8 Å². The van der Waals surface area contributed by atoms with Crippen molar-refractivity contribution in [3.8, 4) is 33.9 Å². The third-order valence-corrected chi connectivity index (χ3v) is 14.8. The van der Waals surface area contributed by atoms with Crippen LogP contribution in [0.4, 0.5) is 17.1 Å². The summed E-state index contributed by atoms with van der Waals surface area (Å²) in [7, 11) is 0. The van der Waals surface area contributed by atoms with Gasteiger partial charge in [-0.25, -0.2) is 4.68 Å². The minimum absolute atomic E-state index is 1.03. The van der Waals surface area contributed by atoms with Crippen molar-refractivity contribution in [2.24, 2.45) is 0 Å². The molecule has 0 atom stereocenters. The fourth-order valence-electron chi connectivity index (χ4n) is 11.5. The molecule has 73 heavy (non-hydrogen) atoms. The van der Waals surface area contributed by atoms with E-state index in [-0.39, 0.29) is 0 Å². The Morgan fingerprint density at radius 1 is 0.301 bits per heavy atom. The lowest BCUT2D eigenvalue weighted by Gasteiger charge is -2.25. The molecule has 4 aromatic heterocycles. The SMILES string of the molecule is c1ccc(N(c2ccccc2)c2ccc(-n3c4ccc(-c5ccc6c(c5)c5ccc7c(ccn7-c7ccccc7)c5n6-c5ccccc5)cc4c4ccc5c(cnn5-c5ccc6ccccc6c5)c43)cc2)cc1. The quantitative estimate of drug-likeness (QED) is 0.152. The fourth-order valence-corrected chi connectivity index (χ4v) is 11.5. The Hall–Kier alpha value is -9.91. The van der Waals surface area contributed by atoms with E-state index in [4.69, 9.17) is 5.10 Å². The average Bonchev–Trinajstić information content (AvgIpc) is 4.28. The lowest BCUT2D eigenvalue weighted by Crippen LogP contribution is -2.09. The Morgan fingerprint density at radius 3 is 1.42 bits per heavy atom. The molecule has 6 nitrogen and oxygen atoms in total. The van der Waals surface area contributed by atoms with Crippen LogP contribution < -0.4 is 4.90 Å². The molecular formula is C67H44N6. The van der Waals surface area contributed by atoms with Gasteiger partial charge in [-0.15, -0.1) is 0 Å². The highest BCUT2D eigenvalue weighted by Gasteiger charge is 2.22. The molecule has 342 valence electrons. The number of benzene rings is 11. The van der Waals surface area contributed by atoms with Crippen molar-refractivity contribution in [3.05, 3.63) is 267 Å². The molecule has 0 N–H and O–H groups in total. The molecule has 0 aliphatic carbocycles. The van der Waals surface area contributed by atoms with Gasteiger partial charge in [-0.05, 0) is 155 Å². The van der Waals surface area contributed by atoms with Crippen LogP contribution in [-0.2, 0) is 0 Å². The van der Waals surface area contributed by atoms with Gasteiger partial charge in [0.1, 0.15) is 0 Å². The zero-order chi connectivity index (χ0) is 48.0. The molecule has 15 rings (SSSR count). The van der Waals surface area contributed by atoms with Gasteiger partial charge in [0.15, 0.2) is 0 Å².